The minimum atomic E-state index is 0.216. The van der Waals surface area contributed by atoms with Crippen LogP contribution in [-0.2, 0) is 4.74 Å². The van der Waals surface area contributed by atoms with Crippen molar-refractivity contribution in [2.75, 3.05) is 13.2 Å². The van der Waals surface area contributed by atoms with E-state index in [0.29, 0.717) is 22.4 Å². The van der Waals surface area contributed by atoms with Gasteiger partial charge in [-0.15, -0.1) is 0 Å². The molecule has 76 valence electrons. The van der Waals surface area contributed by atoms with Gasteiger partial charge in [0.2, 0.25) is 0 Å². The Balaban J connectivity index is 2.10. The van der Waals surface area contributed by atoms with Crippen molar-refractivity contribution in [3.8, 4) is 5.75 Å². The molecule has 0 amide bonds. The van der Waals surface area contributed by atoms with Gasteiger partial charge >= 0.3 is 0 Å². The average Bonchev–Trinajstić information content (AvgIpc) is 2.92. The molecule has 1 fully saturated rings. The quantitative estimate of drug-likeness (QED) is 0.629. The molecule has 1 aromatic rings. The number of ether oxygens (including phenoxy) is 2. The predicted octanol–water partition coefficient (Wildman–Crippen LogP) is 3.53. The van der Waals surface area contributed by atoms with Crippen LogP contribution in [0, 0.1) is 0 Å². The van der Waals surface area contributed by atoms with E-state index in [0.717, 1.165) is 11.1 Å². The van der Waals surface area contributed by atoms with E-state index in [9.17, 15) is 0 Å². The lowest BCUT2D eigenvalue weighted by Crippen LogP contribution is -2.04. The fourth-order valence-corrected chi connectivity index (χ4v) is 1.81. The Labute approximate surface area is 100 Å². The number of epoxide rings is 1. The zero-order chi connectivity index (χ0) is 10.1. The summed E-state index contributed by atoms with van der Waals surface area (Å²) in [7, 11) is 0. The summed E-state index contributed by atoms with van der Waals surface area (Å²) in [5.74, 6) is 0.593. The highest BCUT2D eigenvalue weighted by molar-refractivity contribution is 9.10. The molecule has 14 heavy (non-hydrogen) atoms. The SMILES string of the molecule is Clc1cc(OC[C@@H]2CO2)c(Cl)cc1Br. The van der Waals surface area contributed by atoms with Crippen LogP contribution in [0.15, 0.2) is 16.6 Å². The molecule has 2 rings (SSSR count). The van der Waals surface area contributed by atoms with Crippen LogP contribution in [0.1, 0.15) is 0 Å². The van der Waals surface area contributed by atoms with Gasteiger partial charge in [0.05, 0.1) is 16.7 Å². The van der Waals surface area contributed by atoms with Gasteiger partial charge in [0.1, 0.15) is 18.5 Å². The van der Waals surface area contributed by atoms with Crippen LogP contribution in [0.25, 0.3) is 0 Å². The van der Waals surface area contributed by atoms with Crippen LogP contribution in [-0.4, -0.2) is 19.3 Å². The Morgan fingerprint density at radius 2 is 2.14 bits per heavy atom. The molecule has 2 nitrogen and oxygen atoms in total. The lowest BCUT2D eigenvalue weighted by Gasteiger charge is -2.07. The molecule has 1 aromatic carbocycles. The molecule has 1 aliphatic rings. The van der Waals surface area contributed by atoms with Gasteiger partial charge in [0.15, 0.2) is 0 Å². The Bertz CT molecular complexity index is 353. The first-order valence-corrected chi connectivity index (χ1v) is 5.60. The number of benzene rings is 1. The molecule has 0 bridgehead atoms. The number of halogens is 3. The van der Waals surface area contributed by atoms with Gasteiger partial charge in [-0.2, -0.15) is 0 Å². The number of hydrogen-bond acceptors (Lipinski definition) is 2. The van der Waals surface area contributed by atoms with Crippen molar-refractivity contribution in [2.24, 2.45) is 0 Å². The minimum Gasteiger partial charge on any atom is -0.489 e. The summed E-state index contributed by atoms with van der Waals surface area (Å²) >= 11 is 15.1. The Morgan fingerprint density at radius 3 is 2.79 bits per heavy atom. The molecule has 0 aliphatic carbocycles. The molecule has 0 unspecified atom stereocenters. The molecule has 0 saturated carbocycles. The third kappa shape index (κ3) is 2.54. The van der Waals surface area contributed by atoms with Crippen LogP contribution < -0.4 is 4.74 Å². The summed E-state index contributed by atoms with van der Waals surface area (Å²) in [5, 5.41) is 1.13. The highest BCUT2D eigenvalue weighted by Gasteiger charge is 2.23. The summed E-state index contributed by atoms with van der Waals surface area (Å²) in [5.41, 5.74) is 0. The van der Waals surface area contributed by atoms with E-state index in [1.165, 1.54) is 0 Å². The maximum absolute atomic E-state index is 5.95. The molecule has 0 N–H and O–H groups in total. The van der Waals surface area contributed by atoms with E-state index in [-0.39, 0.29) is 6.10 Å². The summed E-state index contributed by atoms with van der Waals surface area (Å²) in [6.07, 6.45) is 0.216. The van der Waals surface area contributed by atoms with Gasteiger partial charge in [-0.3, -0.25) is 0 Å². The Hall–Kier alpha value is 0.0400. The fourth-order valence-electron chi connectivity index (χ4n) is 0.962. The molecule has 1 heterocycles. The molecule has 0 spiro atoms. The van der Waals surface area contributed by atoms with Crippen LogP contribution in [0.3, 0.4) is 0 Å². The number of rotatable bonds is 3. The second kappa shape index (κ2) is 4.27. The summed E-state index contributed by atoms with van der Waals surface area (Å²) < 4.78 is 11.2. The topological polar surface area (TPSA) is 21.8 Å². The molecule has 5 heteroatoms. The summed E-state index contributed by atoms with van der Waals surface area (Å²) in [6, 6.07) is 3.41. The maximum atomic E-state index is 5.95. The van der Waals surface area contributed by atoms with E-state index in [1.807, 2.05) is 0 Å². The lowest BCUT2D eigenvalue weighted by atomic mass is 10.3. The van der Waals surface area contributed by atoms with Gasteiger partial charge in [-0.1, -0.05) is 23.2 Å². The van der Waals surface area contributed by atoms with Crippen molar-refractivity contribution in [2.45, 2.75) is 6.10 Å². The van der Waals surface area contributed by atoms with Crippen molar-refractivity contribution < 1.29 is 9.47 Å². The molecular formula is C9H7BrCl2O2. The van der Waals surface area contributed by atoms with Crippen LogP contribution >= 0.6 is 39.1 Å². The third-order valence-corrected chi connectivity index (χ3v) is 3.29. The Morgan fingerprint density at radius 1 is 1.43 bits per heavy atom. The van der Waals surface area contributed by atoms with Crippen molar-refractivity contribution in [1.82, 2.24) is 0 Å². The van der Waals surface area contributed by atoms with E-state index < -0.39 is 0 Å². The van der Waals surface area contributed by atoms with Crippen LogP contribution in [0.4, 0.5) is 0 Å². The van der Waals surface area contributed by atoms with Gasteiger partial charge in [-0.25, -0.2) is 0 Å². The average molecular weight is 298 g/mol. The van der Waals surface area contributed by atoms with E-state index >= 15 is 0 Å². The van der Waals surface area contributed by atoms with Gasteiger partial charge in [0.25, 0.3) is 0 Å². The first-order chi connectivity index (χ1) is 6.66. The predicted molar refractivity (Wildman–Crippen MR) is 59.4 cm³/mol. The maximum Gasteiger partial charge on any atom is 0.139 e. The molecule has 1 aliphatic heterocycles. The van der Waals surface area contributed by atoms with E-state index in [1.54, 1.807) is 12.1 Å². The lowest BCUT2D eigenvalue weighted by molar-refractivity contribution is 0.263. The van der Waals surface area contributed by atoms with E-state index in [2.05, 4.69) is 15.9 Å². The molecule has 1 atom stereocenters. The fraction of sp³-hybridized carbons (Fsp3) is 0.333. The summed E-state index contributed by atoms with van der Waals surface area (Å²) in [4.78, 5) is 0. The van der Waals surface area contributed by atoms with Gasteiger partial charge < -0.3 is 9.47 Å². The van der Waals surface area contributed by atoms with Crippen molar-refractivity contribution in [3.05, 3.63) is 26.7 Å². The van der Waals surface area contributed by atoms with Crippen molar-refractivity contribution >= 4 is 39.1 Å². The van der Waals surface area contributed by atoms with E-state index in [4.69, 9.17) is 32.7 Å². The largest absolute Gasteiger partial charge is 0.489 e. The standard InChI is InChI=1S/C9H7BrCl2O2/c10-6-1-8(12)9(2-7(6)11)14-4-5-3-13-5/h1-2,5H,3-4H2/t5-/m0/s1. The molecule has 0 radical (unpaired) electrons. The van der Waals surface area contributed by atoms with Gasteiger partial charge in [-0.05, 0) is 22.0 Å². The molecular weight excluding hydrogens is 291 g/mol. The highest BCUT2D eigenvalue weighted by Crippen LogP contribution is 2.34. The third-order valence-electron chi connectivity index (χ3n) is 1.80. The van der Waals surface area contributed by atoms with Crippen molar-refractivity contribution in [1.29, 1.82) is 0 Å². The first-order valence-electron chi connectivity index (χ1n) is 4.06. The zero-order valence-corrected chi connectivity index (χ0v) is 10.2. The second-order valence-electron chi connectivity index (χ2n) is 2.96. The number of hydrogen-bond donors (Lipinski definition) is 0. The van der Waals surface area contributed by atoms with Gasteiger partial charge in [0, 0.05) is 10.5 Å². The summed E-state index contributed by atoms with van der Waals surface area (Å²) in [6.45, 7) is 1.29. The molecule has 1 saturated heterocycles. The van der Waals surface area contributed by atoms with Crippen LogP contribution in [0.5, 0.6) is 5.75 Å². The zero-order valence-electron chi connectivity index (χ0n) is 7.10. The van der Waals surface area contributed by atoms with Crippen LogP contribution in [0.2, 0.25) is 10.0 Å². The second-order valence-corrected chi connectivity index (χ2v) is 4.63. The normalized spacial score (nSPS) is 19.5. The smallest absolute Gasteiger partial charge is 0.139 e. The minimum absolute atomic E-state index is 0.216. The van der Waals surface area contributed by atoms with Crippen molar-refractivity contribution in [3.63, 3.8) is 0 Å². The highest BCUT2D eigenvalue weighted by atomic mass is 79.9. The first kappa shape index (κ1) is 10.6. The molecule has 0 aromatic heterocycles. The Kier molecular flexibility index (Phi) is 3.22. The monoisotopic (exact) mass is 296 g/mol.